The molecule has 2 aromatic rings. The zero-order chi connectivity index (χ0) is 18.1. The van der Waals surface area contributed by atoms with Crippen LogP contribution in [0.1, 0.15) is 28.8 Å². The van der Waals surface area contributed by atoms with Gasteiger partial charge >= 0.3 is 0 Å². The third-order valence-corrected chi connectivity index (χ3v) is 5.31. The number of carbonyl (C=O) groups excluding carboxylic acids is 2. The number of aryl methyl sites for hydroxylation is 1. The maximum absolute atomic E-state index is 12.6. The highest BCUT2D eigenvalue weighted by atomic mass is 16.2. The van der Waals surface area contributed by atoms with Crippen LogP contribution in [0.5, 0.6) is 0 Å². The standard InChI is InChI=1S/C21H21N3O2/c1-13-2-5-17(23-21(26)18-11-14-3-4-16(18)10-14)12-19(13)24-20(25)15-6-8-22-9-7-15/h2-9,12,14,16,18H,10-11H2,1H3,(H,23,26)(H,24,25)/t14-,16-,18+/m0/s1. The lowest BCUT2D eigenvalue weighted by atomic mass is 9.93. The Morgan fingerprint density at radius 2 is 1.85 bits per heavy atom. The van der Waals surface area contributed by atoms with Crippen molar-refractivity contribution >= 4 is 23.2 Å². The molecule has 1 heterocycles. The number of allylic oxidation sites excluding steroid dienone is 2. The first-order valence-electron chi connectivity index (χ1n) is 8.91. The molecule has 4 rings (SSSR count). The van der Waals surface area contributed by atoms with Crippen LogP contribution in [0.25, 0.3) is 0 Å². The number of fused-ring (bicyclic) bond motifs is 2. The average Bonchev–Trinajstić information content (AvgIpc) is 3.28. The summed E-state index contributed by atoms with van der Waals surface area (Å²) in [6.45, 7) is 1.93. The molecule has 1 aromatic heterocycles. The first kappa shape index (κ1) is 16.5. The Kier molecular flexibility index (Phi) is 4.29. The topological polar surface area (TPSA) is 71.1 Å². The molecule has 0 spiro atoms. The van der Waals surface area contributed by atoms with Crippen LogP contribution in [0.15, 0.2) is 54.9 Å². The van der Waals surface area contributed by atoms with Crippen molar-refractivity contribution in [2.45, 2.75) is 19.8 Å². The molecule has 3 atom stereocenters. The highest BCUT2D eigenvalue weighted by molar-refractivity contribution is 6.05. The van der Waals surface area contributed by atoms with Crippen molar-refractivity contribution in [1.29, 1.82) is 0 Å². The number of carbonyl (C=O) groups is 2. The molecule has 1 aromatic carbocycles. The third-order valence-electron chi connectivity index (χ3n) is 5.31. The number of nitrogens with zero attached hydrogens (tertiary/aromatic N) is 1. The molecule has 26 heavy (non-hydrogen) atoms. The Labute approximate surface area is 152 Å². The number of amides is 2. The second-order valence-corrected chi connectivity index (χ2v) is 7.10. The molecule has 2 aliphatic rings. The van der Waals surface area contributed by atoms with E-state index in [1.807, 2.05) is 25.1 Å². The van der Waals surface area contributed by atoms with Gasteiger partial charge in [-0.25, -0.2) is 0 Å². The Hall–Kier alpha value is -2.95. The fourth-order valence-electron chi connectivity index (χ4n) is 3.85. The molecular formula is C21H21N3O2. The van der Waals surface area contributed by atoms with E-state index in [1.54, 1.807) is 24.5 Å². The van der Waals surface area contributed by atoms with Crippen LogP contribution in [0.3, 0.4) is 0 Å². The van der Waals surface area contributed by atoms with Crippen molar-refractivity contribution in [2.24, 2.45) is 17.8 Å². The molecule has 2 bridgehead atoms. The van der Waals surface area contributed by atoms with Crippen LogP contribution in [-0.4, -0.2) is 16.8 Å². The summed E-state index contributed by atoms with van der Waals surface area (Å²) >= 11 is 0. The molecule has 0 radical (unpaired) electrons. The lowest BCUT2D eigenvalue weighted by molar-refractivity contribution is -0.120. The van der Waals surface area contributed by atoms with Crippen LogP contribution in [0.2, 0.25) is 0 Å². The number of hydrogen-bond donors (Lipinski definition) is 2. The van der Waals surface area contributed by atoms with Gasteiger partial charge in [-0.05, 0) is 61.4 Å². The van der Waals surface area contributed by atoms with E-state index in [9.17, 15) is 9.59 Å². The number of benzene rings is 1. The number of anilines is 2. The summed E-state index contributed by atoms with van der Waals surface area (Å²) in [5.41, 5.74) is 2.88. The SMILES string of the molecule is Cc1ccc(NC(=O)[C@@H]2C[C@H]3C=C[C@H]2C3)cc1NC(=O)c1ccncc1. The van der Waals surface area contributed by atoms with Gasteiger partial charge in [0.25, 0.3) is 5.91 Å². The monoisotopic (exact) mass is 347 g/mol. The molecular weight excluding hydrogens is 326 g/mol. The lowest BCUT2D eigenvalue weighted by Gasteiger charge is -2.18. The van der Waals surface area contributed by atoms with Crippen LogP contribution >= 0.6 is 0 Å². The minimum Gasteiger partial charge on any atom is -0.326 e. The minimum absolute atomic E-state index is 0.0566. The summed E-state index contributed by atoms with van der Waals surface area (Å²) < 4.78 is 0. The molecule has 2 N–H and O–H groups in total. The maximum atomic E-state index is 12.6. The Balaban J connectivity index is 1.47. The van der Waals surface area contributed by atoms with Gasteiger partial charge in [-0.3, -0.25) is 14.6 Å². The summed E-state index contributed by atoms with van der Waals surface area (Å²) in [6.07, 6.45) is 9.61. The fraction of sp³-hybridized carbons (Fsp3) is 0.286. The first-order chi connectivity index (χ1) is 12.6. The Morgan fingerprint density at radius 1 is 1.04 bits per heavy atom. The number of aromatic nitrogens is 1. The van der Waals surface area contributed by atoms with Gasteiger partial charge in [0.15, 0.2) is 0 Å². The van der Waals surface area contributed by atoms with Crippen molar-refractivity contribution in [3.63, 3.8) is 0 Å². The van der Waals surface area contributed by atoms with Crippen LogP contribution in [0, 0.1) is 24.7 Å². The van der Waals surface area contributed by atoms with Crippen molar-refractivity contribution in [1.82, 2.24) is 4.98 Å². The summed E-state index contributed by atoms with van der Waals surface area (Å²) in [6, 6.07) is 8.92. The van der Waals surface area contributed by atoms with Gasteiger partial charge in [0.05, 0.1) is 0 Å². The number of rotatable bonds is 4. The van der Waals surface area contributed by atoms with Gasteiger partial charge in [-0.15, -0.1) is 0 Å². The molecule has 5 nitrogen and oxygen atoms in total. The van der Waals surface area contributed by atoms with Gasteiger partial charge < -0.3 is 10.6 Å². The van der Waals surface area contributed by atoms with Gasteiger partial charge in [0.1, 0.15) is 0 Å². The summed E-state index contributed by atoms with van der Waals surface area (Å²) in [5.74, 6) is 0.857. The molecule has 2 aliphatic carbocycles. The molecule has 1 fully saturated rings. The second-order valence-electron chi connectivity index (χ2n) is 7.10. The summed E-state index contributed by atoms with van der Waals surface area (Å²) in [4.78, 5) is 28.9. The number of pyridine rings is 1. The first-order valence-corrected chi connectivity index (χ1v) is 8.91. The van der Waals surface area contributed by atoms with Gasteiger partial charge in [0, 0.05) is 35.2 Å². The molecule has 1 saturated carbocycles. The van der Waals surface area contributed by atoms with E-state index in [1.165, 1.54) is 0 Å². The van der Waals surface area contributed by atoms with E-state index >= 15 is 0 Å². The predicted molar refractivity (Wildman–Crippen MR) is 101 cm³/mol. The Morgan fingerprint density at radius 3 is 2.54 bits per heavy atom. The van der Waals surface area contributed by atoms with Crippen molar-refractivity contribution in [3.05, 3.63) is 66.0 Å². The van der Waals surface area contributed by atoms with Gasteiger partial charge in [0.2, 0.25) is 5.91 Å². The van der Waals surface area contributed by atoms with E-state index in [2.05, 4.69) is 27.8 Å². The van der Waals surface area contributed by atoms with E-state index in [-0.39, 0.29) is 17.7 Å². The minimum atomic E-state index is -0.197. The summed E-state index contributed by atoms with van der Waals surface area (Å²) in [7, 11) is 0. The van der Waals surface area contributed by atoms with Crippen molar-refractivity contribution < 1.29 is 9.59 Å². The third kappa shape index (κ3) is 3.25. The normalized spacial score (nSPS) is 23.0. The molecule has 0 aliphatic heterocycles. The van der Waals surface area contributed by atoms with Gasteiger partial charge in [-0.2, -0.15) is 0 Å². The number of nitrogens with one attached hydrogen (secondary N) is 2. The highest BCUT2D eigenvalue weighted by Crippen LogP contribution is 2.43. The van der Waals surface area contributed by atoms with E-state index < -0.39 is 0 Å². The predicted octanol–water partition coefficient (Wildman–Crippen LogP) is 3.79. The molecule has 0 unspecified atom stereocenters. The maximum Gasteiger partial charge on any atom is 0.255 e. The quantitative estimate of drug-likeness (QED) is 0.827. The lowest BCUT2D eigenvalue weighted by Crippen LogP contribution is -2.26. The molecule has 0 saturated heterocycles. The fourth-order valence-corrected chi connectivity index (χ4v) is 3.85. The highest BCUT2D eigenvalue weighted by Gasteiger charge is 2.39. The van der Waals surface area contributed by atoms with Crippen LogP contribution in [-0.2, 0) is 4.79 Å². The largest absolute Gasteiger partial charge is 0.326 e. The molecule has 5 heteroatoms. The van der Waals surface area contributed by atoms with Crippen LogP contribution < -0.4 is 10.6 Å². The van der Waals surface area contributed by atoms with E-state index in [0.29, 0.717) is 28.8 Å². The van der Waals surface area contributed by atoms with Gasteiger partial charge in [-0.1, -0.05) is 18.2 Å². The smallest absolute Gasteiger partial charge is 0.255 e. The number of hydrogen-bond acceptors (Lipinski definition) is 3. The van der Waals surface area contributed by atoms with E-state index in [0.717, 1.165) is 18.4 Å². The molecule has 2 amide bonds. The molecule has 132 valence electrons. The van der Waals surface area contributed by atoms with E-state index in [4.69, 9.17) is 0 Å². The second kappa shape index (κ2) is 6.75. The van der Waals surface area contributed by atoms with Crippen molar-refractivity contribution in [2.75, 3.05) is 10.6 Å². The Bertz CT molecular complexity index is 876. The zero-order valence-electron chi connectivity index (χ0n) is 14.6. The van der Waals surface area contributed by atoms with Crippen LogP contribution in [0.4, 0.5) is 11.4 Å². The van der Waals surface area contributed by atoms with Crippen molar-refractivity contribution in [3.8, 4) is 0 Å². The zero-order valence-corrected chi connectivity index (χ0v) is 14.6. The average molecular weight is 347 g/mol. The summed E-state index contributed by atoms with van der Waals surface area (Å²) in [5, 5.41) is 5.92.